The maximum atomic E-state index is 10.3. The number of Topliss-reactive ketones (excluding diaryl/α,β-unsaturated/α-hetero) is 1. The molecule has 0 spiro atoms. The second-order valence-corrected chi connectivity index (χ2v) is 2.11. The van der Waals surface area contributed by atoms with Gasteiger partial charge >= 0.3 is 0 Å². The van der Waals surface area contributed by atoms with Crippen LogP contribution in [-0.4, -0.2) is 10.9 Å². The summed E-state index contributed by atoms with van der Waals surface area (Å²) in [6, 6.07) is 0. The van der Waals surface area contributed by atoms with Crippen LogP contribution in [0.25, 0.3) is 0 Å². The molecule has 0 radical (unpaired) electrons. The Morgan fingerprint density at radius 3 is 1.88 bits per heavy atom. The van der Waals surface area contributed by atoms with Crippen molar-refractivity contribution in [3.05, 3.63) is 0 Å². The standard InChI is InChI=1S/C5H8O2S/c1-3(4(2)6)5(7)8/h3H,1-2H3,(H,7,8)/t3-/m0/s1. The Morgan fingerprint density at radius 1 is 1.50 bits per heavy atom. The van der Waals surface area contributed by atoms with E-state index >= 15 is 0 Å². The van der Waals surface area contributed by atoms with Gasteiger partial charge in [0.25, 0.3) is 0 Å². The summed E-state index contributed by atoms with van der Waals surface area (Å²) in [7, 11) is 0. The fourth-order valence-corrected chi connectivity index (χ4v) is 0.356. The van der Waals surface area contributed by atoms with Crippen molar-refractivity contribution in [1.29, 1.82) is 0 Å². The van der Waals surface area contributed by atoms with Gasteiger partial charge in [-0.25, -0.2) is 0 Å². The summed E-state index contributed by atoms with van der Waals surface area (Å²) in [5.74, 6) is -0.677. The van der Waals surface area contributed by atoms with Crippen molar-refractivity contribution in [2.45, 2.75) is 13.8 Å². The molecule has 0 rings (SSSR count). The van der Waals surface area contributed by atoms with Crippen LogP contribution in [0.3, 0.4) is 0 Å². The van der Waals surface area contributed by atoms with Crippen LogP contribution in [0.5, 0.6) is 0 Å². The van der Waals surface area contributed by atoms with Gasteiger partial charge < -0.3 is 0 Å². The summed E-state index contributed by atoms with van der Waals surface area (Å²) in [4.78, 5) is 20.5. The first kappa shape index (κ1) is 7.69. The molecule has 0 N–H and O–H groups in total. The third-order valence-corrected chi connectivity index (χ3v) is 1.37. The monoisotopic (exact) mass is 132 g/mol. The summed E-state index contributed by atoms with van der Waals surface area (Å²) in [5.41, 5.74) is 0. The van der Waals surface area contributed by atoms with Crippen LogP contribution in [0.2, 0.25) is 0 Å². The normalized spacial score (nSPS) is 12.9. The fourth-order valence-electron chi connectivity index (χ4n) is 0.174. The predicted octanol–water partition coefficient (Wildman–Crippen LogP) is 0.668. The Hall–Kier alpha value is -0.310. The lowest BCUT2D eigenvalue weighted by Gasteiger charge is -1.96. The SMILES string of the molecule is CC(=O)[C@H](C)C(=O)S. The molecule has 0 saturated carbocycles. The van der Waals surface area contributed by atoms with E-state index in [1.165, 1.54) is 13.8 Å². The number of ketones is 1. The molecule has 1 atom stereocenters. The topological polar surface area (TPSA) is 34.1 Å². The van der Waals surface area contributed by atoms with Gasteiger partial charge in [-0.05, 0) is 13.8 Å². The third-order valence-electron chi connectivity index (χ3n) is 0.980. The lowest BCUT2D eigenvalue weighted by molar-refractivity contribution is -0.126. The number of carbonyl (C=O) groups excluding carboxylic acids is 2. The van der Waals surface area contributed by atoms with E-state index in [-0.39, 0.29) is 10.9 Å². The maximum absolute atomic E-state index is 10.3. The Bertz CT molecular complexity index is 106. The molecule has 0 aliphatic rings. The minimum absolute atomic E-state index is 0.134. The van der Waals surface area contributed by atoms with Crippen LogP contribution in [-0.2, 0) is 9.59 Å². The van der Waals surface area contributed by atoms with Crippen LogP contribution in [0.1, 0.15) is 13.8 Å². The summed E-state index contributed by atoms with van der Waals surface area (Å²) < 4.78 is 0. The molecule has 0 amide bonds. The van der Waals surface area contributed by atoms with Crippen molar-refractivity contribution < 1.29 is 9.59 Å². The van der Waals surface area contributed by atoms with Crippen LogP contribution in [0.4, 0.5) is 0 Å². The first-order valence-electron chi connectivity index (χ1n) is 2.29. The highest BCUT2D eigenvalue weighted by Gasteiger charge is 2.12. The fraction of sp³-hybridized carbons (Fsp3) is 0.600. The highest BCUT2D eigenvalue weighted by atomic mass is 32.1. The van der Waals surface area contributed by atoms with Gasteiger partial charge in [-0.2, -0.15) is 0 Å². The van der Waals surface area contributed by atoms with Gasteiger partial charge in [0.05, 0.1) is 5.92 Å². The molecule has 3 heteroatoms. The lowest BCUT2D eigenvalue weighted by atomic mass is 10.1. The van der Waals surface area contributed by atoms with Crippen molar-refractivity contribution in [3.63, 3.8) is 0 Å². The Kier molecular flexibility index (Phi) is 2.76. The molecule has 0 fully saturated rings. The quantitative estimate of drug-likeness (QED) is 0.442. The van der Waals surface area contributed by atoms with Gasteiger partial charge in [0, 0.05) is 0 Å². The van der Waals surface area contributed by atoms with Gasteiger partial charge in [-0.3, -0.25) is 9.59 Å². The smallest absolute Gasteiger partial charge is 0.196 e. The zero-order valence-corrected chi connectivity index (χ0v) is 5.74. The minimum Gasteiger partial charge on any atom is -0.299 e. The second kappa shape index (κ2) is 2.87. The van der Waals surface area contributed by atoms with E-state index in [9.17, 15) is 9.59 Å². The van der Waals surface area contributed by atoms with Crippen molar-refractivity contribution in [2.75, 3.05) is 0 Å². The van der Waals surface area contributed by atoms with Gasteiger partial charge in [0.1, 0.15) is 5.78 Å². The number of rotatable bonds is 2. The van der Waals surface area contributed by atoms with Crippen molar-refractivity contribution >= 4 is 23.5 Å². The molecule has 0 aliphatic heterocycles. The largest absolute Gasteiger partial charge is 0.299 e. The third kappa shape index (κ3) is 2.12. The van der Waals surface area contributed by atoms with E-state index in [1.807, 2.05) is 0 Å². The van der Waals surface area contributed by atoms with Crippen molar-refractivity contribution in [3.8, 4) is 0 Å². The van der Waals surface area contributed by atoms with E-state index in [2.05, 4.69) is 12.6 Å². The number of hydrogen-bond donors (Lipinski definition) is 1. The predicted molar refractivity (Wildman–Crippen MR) is 33.8 cm³/mol. The molecule has 0 aromatic carbocycles. The molecule has 0 unspecified atom stereocenters. The van der Waals surface area contributed by atoms with Crippen molar-refractivity contribution in [2.24, 2.45) is 5.92 Å². The summed E-state index contributed by atoms with van der Waals surface area (Å²) in [5, 5.41) is -0.363. The molecule has 0 aromatic rings. The molecule has 8 heavy (non-hydrogen) atoms. The Morgan fingerprint density at radius 2 is 1.88 bits per heavy atom. The average molecular weight is 132 g/mol. The molecule has 46 valence electrons. The highest BCUT2D eigenvalue weighted by molar-refractivity contribution is 7.96. The summed E-state index contributed by atoms with van der Waals surface area (Å²) in [6.45, 7) is 2.91. The van der Waals surface area contributed by atoms with Gasteiger partial charge in [0.15, 0.2) is 5.12 Å². The van der Waals surface area contributed by atoms with E-state index in [0.717, 1.165) is 0 Å². The van der Waals surface area contributed by atoms with E-state index < -0.39 is 5.92 Å². The minimum atomic E-state index is -0.543. The molecule has 0 bridgehead atoms. The van der Waals surface area contributed by atoms with Crippen LogP contribution < -0.4 is 0 Å². The first-order valence-corrected chi connectivity index (χ1v) is 2.73. The number of carbonyl (C=O) groups is 2. The number of thiol groups is 1. The van der Waals surface area contributed by atoms with Gasteiger partial charge in [-0.1, -0.05) is 0 Å². The van der Waals surface area contributed by atoms with E-state index in [1.54, 1.807) is 0 Å². The van der Waals surface area contributed by atoms with E-state index in [0.29, 0.717) is 0 Å². The number of hydrogen-bond acceptors (Lipinski definition) is 2. The van der Waals surface area contributed by atoms with Crippen LogP contribution in [0.15, 0.2) is 0 Å². The molecular formula is C5H8O2S. The highest BCUT2D eigenvalue weighted by Crippen LogP contribution is 1.99. The molecule has 0 aliphatic carbocycles. The van der Waals surface area contributed by atoms with Crippen LogP contribution >= 0.6 is 12.6 Å². The zero-order chi connectivity index (χ0) is 6.73. The first-order chi connectivity index (χ1) is 3.55. The molecule has 0 saturated heterocycles. The Labute approximate surface area is 53.7 Å². The molecular weight excluding hydrogens is 124 g/mol. The Balaban J connectivity index is 3.83. The summed E-state index contributed by atoms with van der Waals surface area (Å²) in [6.07, 6.45) is 0. The second-order valence-electron chi connectivity index (χ2n) is 1.67. The average Bonchev–Trinajstić information content (AvgIpc) is 1.64. The van der Waals surface area contributed by atoms with Gasteiger partial charge in [-0.15, -0.1) is 12.6 Å². The molecule has 0 heterocycles. The molecule has 2 nitrogen and oxygen atoms in total. The van der Waals surface area contributed by atoms with Crippen molar-refractivity contribution in [1.82, 2.24) is 0 Å². The van der Waals surface area contributed by atoms with Crippen LogP contribution in [0, 0.1) is 5.92 Å². The van der Waals surface area contributed by atoms with E-state index in [4.69, 9.17) is 0 Å². The maximum Gasteiger partial charge on any atom is 0.196 e. The zero-order valence-electron chi connectivity index (χ0n) is 4.84. The molecule has 0 aromatic heterocycles. The summed E-state index contributed by atoms with van der Waals surface area (Å²) >= 11 is 3.47. The lowest BCUT2D eigenvalue weighted by Crippen LogP contribution is -2.12. The van der Waals surface area contributed by atoms with Gasteiger partial charge in [0.2, 0.25) is 0 Å².